The highest BCUT2D eigenvalue weighted by Crippen LogP contribution is 2.31. The Balaban J connectivity index is 1.93. The molecule has 23 heavy (non-hydrogen) atoms. The lowest BCUT2D eigenvalue weighted by molar-refractivity contribution is -0.0505. The molecule has 1 aromatic carbocycles. The second kappa shape index (κ2) is 6.55. The normalized spacial score (nSPS) is 12.5. The maximum absolute atomic E-state index is 12.6. The van der Waals surface area contributed by atoms with Crippen LogP contribution in [0.1, 0.15) is 24.9 Å². The number of nitrogens with zero attached hydrogens (tertiary/aromatic N) is 4. The minimum Gasteiger partial charge on any atom is -0.434 e. The van der Waals surface area contributed by atoms with Crippen molar-refractivity contribution >= 4 is 11.5 Å². The van der Waals surface area contributed by atoms with Crippen LogP contribution in [0, 0.1) is 0 Å². The van der Waals surface area contributed by atoms with Crippen LogP contribution in [0.4, 0.5) is 14.6 Å². The summed E-state index contributed by atoms with van der Waals surface area (Å²) in [6.45, 7) is -0.924. The van der Waals surface area contributed by atoms with Gasteiger partial charge in [-0.05, 0) is 12.5 Å². The largest absolute Gasteiger partial charge is 0.434 e. The van der Waals surface area contributed by atoms with Crippen molar-refractivity contribution in [3.05, 3.63) is 48.5 Å². The highest BCUT2D eigenvalue weighted by atomic mass is 19.3. The third-order valence-corrected chi connectivity index (χ3v) is 3.45. The van der Waals surface area contributed by atoms with E-state index < -0.39 is 6.61 Å². The van der Waals surface area contributed by atoms with E-state index in [2.05, 4.69) is 25.2 Å². The van der Waals surface area contributed by atoms with Crippen LogP contribution in [-0.4, -0.2) is 26.2 Å². The minimum atomic E-state index is -2.87. The van der Waals surface area contributed by atoms with Crippen LogP contribution in [0.25, 0.3) is 5.65 Å². The molecule has 1 N–H and O–H groups in total. The summed E-state index contributed by atoms with van der Waals surface area (Å²) in [7, 11) is 0. The Morgan fingerprint density at radius 1 is 1.30 bits per heavy atom. The molecule has 2 heterocycles. The van der Waals surface area contributed by atoms with Gasteiger partial charge in [0.15, 0.2) is 5.82 Å². The Kier molecular flexibility index (Phi) is 4.31. The molecular formula is C15H15F2N5O. The van der Waals surface area contributed by atoms with Crippen LogP contribution < -0.4 is 10.1 Å². The first-order chi connectivity index (χ1) is 11.2. The third-order valence-electron chi connectivity index (χ3n) is 3.45. The molecule has 0 fully saturated rings. The van der Waals surface area contributed by atoms with E-state index >= 15 is 0 Å². The van der Waals surface area contributed by atoms with Gasteiger partial charge < -0.3 is 10.1 Å². The molecule has 0 amide bonds. The number of anilines is 1. The number of benzene rings is 1. The van der Waals surface area contributed by atoms with Crippen LogP contribution in [0.3, 0.4) is 0 Å². The number of halogens is 2. The highest BCUT2D eigenvalue weighted by molar-refractivity contribution is 5.62. The fourth-order valence-electron chi connectivity index (χ4n) is 2.40. The second-order valence-electron chi connectivity index (χ2n) is 4.86. The van der Waals surface area contributed by atoms with Crippen molar-refractivity contribution in [1.29, 1.82) is 0 Å². The van der Waals surface area contributed by atoms with E-state index in [9.17, 15) is 8.78 Å². The van der Waals surface area contributed by atoms with Gasteiger partial charge >= 0.3 is 6.61 Å². The fourth-order valence-corrected chi connectivity index (χ4v) is 2.40. The Morgan fingerprint density at radius 3 is 2.91 bits per heavy atom. The molecule has 0 bridgehead atoms. The fraction of sp³-hybridized carbons (Fsp3) is 0.267. The van der Waals surface area contributed by atoms with E-state index in [0.29, 0.717) is 23.4 Å². The Morgan fingerprint density at radius 2 is 2.13 bits per heavy atom. The first-order valence-corrected chi connectivity index (χ1v) is 7.13. The van der Waals surface area contributed by atoms with Crippen molar-refractivity contribution in [1.82, 2.24) is 19.6 Å². The second-order valence-corrected chi connectivity index (χ2v) is 4.86. The Bertz CT molecular complexity index is 792. The zero-order valence-corrected chi connectivity index (χ0v) is 12.4. The van der Waals surface area contributed by atoms with E-state index in [4.69, 9.17) is 0 Å². The third kappa shape index (κ3) is 3.20. The van der Waals surface area contributed by atoms with Gasteiger partial charge in [0.1, 0.15) is 12.1 Å². The number of hydrogen-bond acceptors (Lipinski definition) is 5. The predicted molar refractivity (Wildman–Crippen MR) is 80.5 cm³/mol. The molecule has 0 saturated carbocycles. The molecule has 8 heteroatoms. The number of alkyl halides is 2. The first-order valence-electron chi connectivity index (χ1n) is 7.13. The zero-order chi connectivity index (χ0) is 16.2. The predicted octanol–water partition coefficient (Wildman–Crippen LogP) is 3.29. The maximum atomic E-state index is 12.6. The number of hydrogen-bond donors (Lipinski definition) is 1. The molecule has 3 rings (SSSR count). The quantitative estimate of drug-likeness (QED) is 0.755. The number of ether oxygens (including phenoxy) is 1. The van der Waals surface area contributed by atoms with Crippen molar-refractivity contribution in [2.75, 3.05) is 5.32 Å². The monoisotopic (exact) mass is 319 g/mol. The molecule has 3 aromatic rings. The van der Waals surface area contributed by atoms with Crippen molar-refractivity contribution in [2.45, 2.75) is 26.0 Å². The summed E-state index contributed by atoms with van der Waals surface area (Å²) in [5, 5.41) is 11.1. The minimum absolute atomic E-state index is 0.148. The van der Waals surface area contributed by atoms with Crippen LogP contribution in [0.2, 0.25) is 0 Å². The van der Waals surface area contributed by atoms with E-state index in [1.807, 2.05) is 6.92 Å². The van der Waals surface area contributed by atoms with E-state index in [0.717, 1.165) is 0 Å². The summed E-state index contributed by atoms with van der Waals surface area (Å²) in [4.78, 5) is 4.26. The van der Waals surface area contributed by atoms with Gasteiger partial charge in [-0.15, -0.1) is 10.2 Å². The SMILES string of the molecule is CCC(Nc1nccn2cnnc12)c1ccccc1OC(F)F. The summed E-state index contributed by atoms with van der Waals surface area (Å²) in [6, 6.07) is 6.47. The lowest BCUT2D eigenvalue weighted by Gasteiger charge is -2.21. The van der Waals surface area contributed by atoms with Gasteiger partial charge in [0.05, 0.1) is 6.04 Å². The lowest BCUT2D eigenvalue weighted by Crippen LogP contribution is -2.14. The van der Waals surface area contributed by atoms with E-state index in [1.54, 1.807) is 41.3 Å². The molecule has 0 aliphatic carbocycles. The van der Waals surface area contributed by atoms with Gasteiger partial charge in [-0.3, -0.25) is 4.40 Å². The summed E-state index contributed by atoms with van der Waals surface area (Å²) in [6.07, 6.45) is 5.57. The summed E-state index contributed by atoms with van der Waals surface area (Å²) in [5.74, 6) is 0.680. The Hall–Kier alpha value is -2.77. The lowest BCUT2D eigenvalue weighted by atomic mass is 10.0. The number of fused-ring (bicyclic) bond motifs is 1. The summed E-state index contributed by atoms with van der Waals surface area (Å²) in [5.41, 5.74) is 1.21. The molecular weight excluding hydrogens is 304 g/mol. The molecule has 0 aliphatic heterocycles. The van der Waals surface area contributed by atoms with Gasteiger partial charge in [-0.1, -0.05) is 25.1 Å². The molecule has 6 nitrogen and oxygen atoms in total. The molecule has 0 radical (unpaired) electrons. The molecule has 0 aliphatic rings. The van der Waals surface area contributed by atoms with E-state index in [-0.39, 0.29) is 11.8 Å². The summed E-state index contributed by atoms with van der Waals surface area (Å²) >= 11 is 0. The molecule has 0 spiro atoms. The van der Waals surface area contributed by atoms with Gasteiger partial charge in [0.25, 0.3) is 0 Å². The number of nitrogens with one attached hydrogen (secondary N) is 1. The zero-order valence-electron chi connectivity index (χ0n) is 12.4. The number of para-hydroxylation sites is 1. The number of rotatable bonds is 6. The van der Waals surface area contributed by atoms with Crippen molar-refractivity contribution < 1.29 is 13.5 Å². The van der Waals surface area contributed by atoms with Gasteiger partial charge in [-0.25, -0.2) is 4.98 Å². The van der Waals surface area contributed by atoms with Crippen LogP contribution >= 0.6 is 0 Å². The van der Waals surface area contributed by atoms with Crippen LogP contribution in [-0.2, 0) is 0 Å². The molecule has 2 aromatic heterocycles. The average molecular weight is 319 g/mol. The van der Waals surface area contributed by atoms with Gasteiger partial charge in [-0.2, -0.15) is 8.78 Å². The summed E-state index contributed by atoms with van der Waals surface area (Å²) < 4.78 is 31.5. The topological polar surface area (TPSA) is 64.3 Å². The standard InChI is InChI=1S/C15H15F2N5O/c1-2-11(10-5-3-4-6-12(10)23-15(16)17)20-13-14-21-19-9-22(14)8-7-18-13/h3-9,11,15H,2H2,1H3,(H,18,20). The molecule has 1 unspecified atom stereocenters. The smallest absolute Gasteiger partial charge is 0.387 e. The van der Waals surface area contributed by atoms with Gasteiger partial charge in [0, 0.05) is 18.0 Å². The van der Waals surface area contributed by atoms with E-state index in [1.165, 1.54) is 6.07 Å². The van der Waals surface area contributed by atoms with Crippen LogP contribution in [0.15, 0.2) is 43.0 Å². The highest BCUT2D eigenvalue weighted by Gasteiger charge is 2.18. The molecule has 120 valence electrons. The van der Waals surface area contributed by atoms with Crippen molar-refractivity contribution in [3.63, 3.8) is 0 Å². The maximum Gasteiger partial charge on any atom is 0.387 e. The average Bonchev–Trinajstić information content (AvgIpc) is 3.02. The van der Waals surface area contributed by atoms with Crippen molar-refractivity contribution in [2.24, 2.45) is 0 Å². The molecule has 0 saturated heterocycles. The Labute approximate surface area is 131 Å². The van der Waals surface area contributed by atoms with Crippen molar-refractivity contribution in [3.8, 4) is 5.75 Å². The molecule has 1 atom stereocenters. The van der Waals surface area contributed by atoms with Crippen LogP contribution in [0.5, 0.6) is 5.75 Å². The van der Waals surface area contributed by atoms with Gasteiger partial charge in [0.2, 0.25) is 5.65 Å². The first kappa shape index (κ1) is 15.1. The number of aromatic nitrogens is 4.